The Hall–Kier alpha value is -3.35. The van der Waals surface area contributed by atoms with Crippen LogP contribution < -0.4 is 20.2 Å². The monoisotopic (exact) mass is 355 g/mol. The molecule has 0 radical (unpaired) electrons. The summed E-state index contributed by atoms with van der Waals surface area (Å²) in [4.78, 5) is 23.7. The molecule has 2 aromatic carbocycles. The number of nitrogens with zero attached hydrogens (tertiary/aromatic N) is 1. The van der Waals surface area contributed by atoms with Crippen LogP contribution in [-0.4, -0.2) is 38.8 Å². The van der Waals surface area contributed by atoms with E-state index in [1.165, 1.54) is 13.3 Å². The molecule has 2 aromatic rings. The van der Waals surface area contributed by atoms with E-state index in [1.807, 2.05) is 19.1 Å². The first-order valence-electron chi connectivity index (χ1n) is 7.92. The average molecular weight is 355 g/mol. The Morgan fingerprint density at radius 3 is 2.38 bits per heavy atom. The predicted octanol–water partition coefficient (Wildman–Crippen LogP) is 1.89. The van der Waals surface area contributed by atoms with Crippen LogP contribution in [-0.2, 0) is 4.79 Å². The Balaban J connectivity index is 1.83. The fourth-order valence-electron chi connectivity index (χ4n) is 2.12. The molecule has 0 aliphatic carbocycles. The van der Waals surface area contributed by atoms with E-state index in [9.17, 15) is 9.59 Å². The summed E-state index contributed by atoms with van der Waals surface area (Å²) in [6, 6.07) is 12.3. The van der Waals surface area contributed by atoms with E-state index < -0.39 is 5.91 Å². The SMILES string of the molecule is COc1ccc(/C=N\NC(=O)CNC(=O)c2ccc(C)cc2)cc1OC. The molecule has 0 saturated carbocycles. The lowest BCUT2D eigenvalue weighted by Crippen LogP contribution is -2.34. The molecule has 2 rings (SSSR count). The number of ether oxygens (including phenoxy) is 2. The maximum Gasteiger partial charge on any atom is 0.259 e. The van der Waals surface area contributed by atoms with Gasteiger partial charge in [-0.25, -0.2) is 5.43 Å². The van der Waals surface area contributed by atoms with Crippen LogP contribution in [0.5, 0.6) is 11.5 Å². The first-order valence-corrected chi connectivity index (χ1v) is 7.92. The molecule has 7 nitrogen and oxygen atoms in total. The smallest absolute Gasteiger partial charge is 0.259 e. The molecule has 26 heavy (non-hydrogen) atoms. The summed E-state index contributed by atoms with van der Waals surface area (Å²) >= 11 is 0. The van der Waals surface area contributed by atoms with Gasteiger partial charge in [-0.3, -0.25) is 9.59 Å². The van der Waals surface area contributed by atoms with Crippen molar-refractivity contribution in [3.63, 3.8) is 0 Å². The van der Waals surface area contributed by atoms with Crippen LogP contribution in [0.2, 0.25) is 0 Å². The fourth-order valence-corrected chi connectivity index (χ4v) is 2.12. The number of nitrogens with one attached hydrogen (secondary N) is 2. The molecule has 0 bridgehead atoms. The van der Waals surface area contributed by atoms with Gasteiger partial charge in [-0.2, -0.15) is 5.10 Å². The minimum Gasteiger partial charge on any atom is -0.493 e. The van der Waals surface area contributed by atoms with Gasteiger partial charge < -0.3 is 14.8 Å². The van der Waals surface area contributed by atoms with Crippen molar-refractivity contribution in [2.24, 2.45) is 5.10 Å². The quantitative estimate of drug-likeness (QED) is 0.586. The molecule has 0 heterocycles. The van der Waals surface area contributed by atoms with E-state index in [0.29, 0.717) is 17.1 Å². The van der Waals surface area contributed by atoms with Crippen LogP contribution in [0, 0.1) is 6.92 Å². The number of benzene rings is 2. The maximum atomic E-state index is 11.9. The highest BCUT2D eigenvalue weighted by atomic mass is 16.5. The van der Waals surface area contributed by atoms with Crippen LogP contribution in [0.15, 0.2) is 47.6 Å². The Kier molecular flexibility index (Phi) is 6.73. The zero-order valence-electron chi connectivity index (χ0n) is 14.9. The standard InChI is InChI=1S/C19H21N3O4/c1-13-4-7-15(8-5-13)19(24)20-12-18(23)22-21-11-14-6-9-16(25-2)17(10-14)26-3/h4-11H,12H2,1-3H3,(H,20,24)(H,22,23)/b21-11-. The van der Waals surface area contributed by atoms with Gasteiger partial charge in [0.25, 0.3) is 11.8 Å². The largest absolute Gasteiger partial charge is 0.493 e. The fraction of sp³-hybridized carbons (Fsp3) is 0.211. The van der Waals surface area contributed by atoms with Gasteiger partial charge in [-0.15, -0.1) is 0 Å². The summed E-state index contributed by atoms with van der Waals surface area (Å²) in [5, 5.41) is 6.40. The number of hydrazone groups is 1. The van der Waals surface area contributed by atoms with Crippen molar-refractivity contribution in [1.82, 2.24) is 10.7 Å². The summed E-state index contributed by atoms with van der Waals surface area (Å²) in [6.45, 7) is 1.77. The highest BCUT2D eigenvalue weighted by molar-refractivity contribution is 5.96. The summed E-state index contributed by atoms with van der Waals surface area (Å²) in [5.74, 6) is 0.423. The Morgan fingerprint density at radius 1 is 1.04 bits per heavy atom. The van der Waals surface area contributed by atoms with Gasteiger partial charge in [-0.05, 0) is 42.8 Å². The molecule has 0 fully saturated rings. The summed E-state index contributed by atoms with van der Waals surface area (Å²) in [7, 11) is 3.09. The number of carbonyl (C=O) groups is 2. The lowest BCUT2D eigenvalue weighted by Gasteiger charge is -2.07. The number of carbonyl (C=O) groups excluding carboxylic acids is 2. The second-order valence-electron chi connectivity index (χ2n) is 5.46. The normalized spacial score (nSPS) is 10.4. The molecule has 0 unspecified atom stereocenters. The number of rotatable bonds is 7. The van der Waals surface area contributed by atoms with E-state index in [1.54, 1.807) is 37.4 Å². The number of amides is 2. The second-order valence-corrected chi connectivity index (χ2v) is 5.46. The van der Waals surface area contributed by atoms with Crippen molar-refractivity contribution in [3.05, 3.63) is 59.2 Å². The minimum absolute atomic E-state index is 0.171. The molecular weight excluding hydrogens is 334 g/mol. The van der Waals surface area contributed by atoms with E-state index in [-0.39, 0.29) is 12.5 Å². The van der Waals surface area contributed by atoms with Gasteiger partial charge in [0.1, 0.15) is 0 Å². The zero-order valence-corrected chi connectivity index (χ0v) is 14.9. The lowest BCUT2D eigenvalue weighted by atomic mass is 10.1. The minimum atomic E-state index is -0.429. The van der Waals surface area contributed by atoms with Gasteiger partial charge in [0.15, 0.2) is 11.5 Å². The van der Waals surface area contributed by atoms with Gasteiger partial charge in [0.05, 0.1) is 27.0 Å². The lowest BCUT2D eigenvalue weighted by molar-refractivity contribution is -0.120. The number of hydrogen-bond donors (Lipinski definition) is 2. The Bertz CT molecular complexity index is 801. The highest BCUT2D eigenvalue weighted by Gasteiger charge is 2.07. The molecule has 0 aliphatic heterocycles. The first-order chi connectivity index (χ1) is 12.5. The van der Waals surface area contributed by atoms with Crippen LogP contribution in [0.1, 0.15) is 21.5 Å². The van der Waals surface area contributed by atoms with Crippen LogP contribution in [0.4, 0.5) is 0 Å². The molecular formula is C19H21N3O4. The highest BCUT2D eigenvalue weighted by Crippen LogP contribution is 2.26. The van der Waals surface area contributed by atoms with Gasteiger partial charge in [0.2, 0.25) is 0 Å². The second kappa shape index (κ2) is 9.22. The average Bonchev–Trinajstić information content (AvgIpc) is 2.66. The Morgan fingerprint density at radius 2 is 1.73 bits per heavy atom. The van der Waals surface area contributed by atoms with Crippen molar-refractivity contribution < 1.29 is 19.1 Å². The van der Waals surface area contributed by atoms with Crippen molar-refractivity contribution in [2.75, 3.05) is 20.8 Å². The molecule has 0 spiro atoms. The zero-order chi connectivity index (χ0) is 18.9. The molecule has 2 amide bonds. The third kappa shape index (κ3) is 5.34. The molecule has 2 N–H and O–H groups in total. The number of aryl methyl sites for hydroxylation is 1. The first kappa shape index (κ1) is 19.0. The van der Waals surface area contributed by atoms with Crippen molar-refractivity contribution in [3.8, 4) is 11.5 Å². The number of hydrogen-bond acceptors (Lipinski definition) is 5. The summed E-state index contributed by atoms with van der Waals surface area (Å²) in [5.41, 5.74) is 4.64. The Labute approximate surface area is 152 Å². The predicted molar refractivity (Wildman–Crippen MR) is 98.8 cm³/mol. The van der Waals surface area contributed by atoms with E-state index in [0.717, 1.165) is 11.1 Å². The summed E-state index contributed by atoms with van der Waals surface area (Å²) in [6.07, 6.45) is 1.47. The van der Waals surface area contributed by atoms with E-state index >= 15 is 0 Å². The van der Waals surface area contributed by atoms with Crippen molar-refractivity contribution in [1.29, 1.82) is 0 Å². The van der Waals surface area contributed by atoms with Crippen LogP contribution in [0.3, 0.4) is 0 Å². The van der Waals surface area contributed by atoms with Gasteiger partial charge >= 0.3 is 0 Å². The van der Waals surface area contributed by atoms with Gasteiger partial charge in [-0.1, -0.05) is 17.7 Å². The molecule has 7 heteroatoms. The molecule has 0 aliphatic rings. The molecule has 0 atom stereocenters. The van der Waals surface area contributed by atoms with Crippen LogP contribution in [0.25, 0.3) is 0 Å². The van der Waals surface area contributed by atoms with Gasteiger partial charge in [0, 0.05) is 5.56 Å². The third-order valence-electron chi connectivity index (χ3n) is 3.53. The topological polar surface area (TPSA) is 89.0 Å². The third-order valence-corrected chi connectivity index (χ3v) is 3.53. The maximum absolute atomic E-state index is 11.9. The number of methoxy groups -OCH3 is 2. The molecule has 136 valence electrons. The molecule has 0 aromatic heterocycles. The van der Waals surface area contributed by atoms with Crippen molar-refractivity contribution in [2.45, 2.75) is 6.92 Å². The summed E-state index contributed by atoms with van der Waals surface area (Å²) < 4.78 is 10.3. The van der Waals surface area contributed by atoms with E-state index in [2.05, 4.69) is 15.8 Å². The van der Waals surface area contributed by atoms with Crippen molar-refractivity contribution >= 4 is 18.0 Å². The van der Waals surface area contributed by atoms with E-state index in [4.69, 9.17) is 9.47 Å². The molecule has 0 saturated heterocycles. The van der Waals surface area contributed by atoms with Crippen LogP contribution >= 0.6 is 0 Å².